The van der Waals surface area contributed by atoms with Gasteiger partial charge in [0.25, 0.3) is 0 Å². The molecule has 22 heavy (non-hydrogen) atoms. The second-order valence-electron chi connectivity index (χ2n) is 4.33. The summed E-state index contributed by atoms with van der Waals surface area (Å²) in [5.74, 6) is 0.293. The number of nitrogens with two attached hydrogens (primary N) is 1. The Morgan fingerprint density at radius 2 is 2.14 bits per heavy atom. The molecule has 1 heterocycles. The van der Waals surface area contributed by atoms with Crippen molar-refractivity contribution < 1.29 is 4.79 Å². The predicted molar refractivity (Wildman–Crippen MR) is 86.4 cm³/mol. The lowest BCUT2D eigenvalue weighted by molar-refractivity contribution is -0.116. The molecule has 2 aromatic rings. The molecular weight excluding hydrogens is 298 g/mol. The van der Waals surface area contributed by atoms with E-state index in [4.69, 9.17) is 11.0 Å². The molecule has 0 saturated carbocycles. The molecule has 0 bridgehead atoms. The van der Waals surface area contributed by atoms with Gasteiger partial charge in [-0.2, -0.15) is 5.26 Å². The minimum absolute atomic E-state index is 0.0368. The van der Waals surface area contributed by atoms with E-state index in [1.165, 1.54) is 18.0 Å². The summed E-state index contributed by atoms with van der Waals surface area (Å²) in [4.78, 5) is 22.0. The molecule has 0 unspecified atom stereocenters. The summed E-state index contributed by atoms with van der Waals surface area (Å²) >= 11 is 1.20. The average Bonchev–Trinajstić information content (AvgIpc) is 2.55. The third-order valence-corrected chi connectivity index (χ3v) is 3.77. The number of nitrogens with zero attached hydrogens (tertiary/aromatic N) is 4. The summed E-state index contributed by atoms with van der Waals surface area (Å²) in [6.45, 7) is 2.51. The fourth-order valence-corrected chi connectivity index (χ4v) is 2.55. The van der Waals surface area contributed by atoms with E-state index in [0.29, 0.717) is 11.7 Å². The highest BCUT2D eigenvalue weighted by molar-refractivity contribution is 7.99. The summed E-state index contributed by atoms with van der Waals surface area (Å²) < 4.78 is 0. The Morgan fingerprint density at radius 1 is 1.41 bits per heavy atom. The zero-order chi connectivity index (χ0) is 15.9. The fourth-order valence-electron chi connectivity index (χ4n) is 1.85. The maximum Gasteiger partial charge on any atom is 0.237 e. The van der Waals surface area contributed by atoms with Crippen molar-refractivity contribution in [2.75, 3.05) is 22.9 Å². The number of hydrogen-bond acceptors (Lipinski definition) is 6. The lowest BCUT2D eigenvalue weighted by Gasteiger charge is -2.20. The highest BCUT2D eigenvalue weighted by Gasteiger charge is 2.15. The van der Waals surface area contributed by atoms with Crippen LogP contribution in [-0.4, -0.2) is 28.2 Å². The molecule has 112 valence electrons. The van der Waals surface area contributed by atoms with E-state index in [1.54, 1.807) is 4.90 Å². The first kappa shape index (κ1) is 15.8. The number of nitriles is 1. The number of hydrogen-bond donors (Lipinski definition) is 1. The number of carbonyl (C=O) groups excluding carboxylic acids is 1. The Hall–Kier alpha value is -2.59. The number of nitrogen functional groups attached to an aromatic ring is 1. The number of anilines is 2. The molecule has 2 rings (SSSR count). The van der Waals surface area contributed by atoms with Crippen LogP contribution in [0.2, 0.25) is 0 Å². The molecule has 2 N–H and O–H groups in total. The zero-order valence-corrected chi connectivity index (χ0v) is 12.9. The molecule has 1 amide bonds. The second-order valence-corrected chi connectivity index (χ2v) is 5.27. The number of amides is 1. The van der Waals surface area contributed by atoms with E-state index in [-0.39, 0.29) is 23.0 Å². The van der Waals surface area contributed by atoms with E-state index >= 15 is 0 Å². The van der Waals surface area contributed by atoms with E-state index in [1.807, 2.05) is 43.3 Å². The average molecular weight is 313 g/mol. The van der Waals surface area contributed by atoms with Crippen molar-refractivity contribution in [3.8, 4) is 6.07 Å². The van der Waals surface area contributed by atoms with Crippen molar-refractivity contribution >= 4 is 29.2 Å². The van der Waals surface area contributed by atoms with E-state index < -0.39 is 0 Å². The third-order valence-electron chi connectivity index (χ3n) is 2.93. The molecule has 0 saturated heterocycles. The maximum atomic E-state index is 12.3. The number of para-hydroxylation sites is 1. The molecule has 7 heteroatoms. The van der Waals surface area contributed by atoms with Gasteiger partial charge in [0, 0.05) is 12.2 Å². The quantitative estimate of drug-likeness (QED) is 0.670. The van der Waals surface area contributed by atoms with Crippen molar-refractivity contribution in [3.63, 3.8) is 0 Å². The van der Waals surface area contributed by atoms with Crippen molar-refractivity contribution in [1.29, 1.82) is 5.26 Å². The Labute approximate surface area is 133 Å². The van der Waals surface area contributed by atoms with E-state index in [0.717, 1.165) is 5.69 Å². The number of rotatable bonds is 5. The zero-order valence-electron chi connectivity index (χ0n) is 12.1. The molecule has 0 atom stereocenters. The second kappa shape index (κ2) is 7.43. The van der Waals surface area contributed by atoms with Gasteiger partial charge >= 0.3 is 0 Å². The van der Waals surface area contributed by atoms with Crippen LogP contribution in [0.1, 0.15) is 12.5 Å². The van der Waals surface area contributed by atoms with E-state index in [2.05, 4.69) is 9.97 Å². The number of aromatic nitrogens is 2. The molecule has 0 aliphatic heterocycles. The standard InChI is InChI=1S/C15H15N5OS/c1-2-20(12-6-4-3-5-7-12)13(21)10-22-15-18-9-11(8-16)14(17)19-15/h3-7,9H,2,10H2,1H3,(H2,17,18,19). The van der Waals surface area contributed by atoms with Crippen molar-refractivity contribution in [3.05, 3.63) is 42.1 Å². The first-order valence-corrected chi connectivity index (χ1v) is 7.65. The Kier molecular flexibility index (Phi) is 5.33. The summed E-state index contributed by atoms with van der Waals surface area (Å²) in [5, 5.41) is 9.16. The first-order chi connectivity index (χ1) is 10.7. The van der Waals surface area contributed by atoms with E-state index in [9.17, 15) is 4.79 Å². The molecule has 0 fully saturated rings. The molecule has 0 radical (unpaired) electrons. The van der Waals surface area contributed by atoms with Crippen LogP contribution in [0, 0.1) is 11.3 Å². The molecule has 0 aliphatic rings. The Bertz CT molecular complexity index is 699. The van der Waals surface area contributed by atoms with Gasteiger partial charge in [0.2, 0.25) is 5.91 Å². The van der Waals surface area contributed by atoms with Crippen molar-refractivity contribution in [2.24, 2.45) is 0 Å². The van der Waals surface area contributed by atoms with Crippen LogP contribution < -0.4 is 10.6 Å². The van der Waals surface area contributed by atoms with Crippen LogP contribution in [0.25, 0.3) is 0 Å². The monoisotopic (exact) mass is 313 g/mol. The van der Waals surface area contributed by atoms with Gasteiger partial charge in [-0.3, -0.25) is 4.79 Å². The smallest absolute Gasteiger partial charge is 0.237 e. The molecule has 0 aliphatic carbocycles. The molecule has 1 aromatic heterocycles. The molecular formula is C15H15N5OS. The summed E-state index contributed by atoms with van der Waals surface area (Å²) in [5.41, 5.74) is 6.72. The van der Waals surface area contributed by atoms with Crippen molar-refractivity contribution in [2.45, 2.75) is 12.1 Å². The normalized spacial score (nSPS) is 10.0. The Balaban J connectivity index is 2.03. The fraction of sp³-hybridized carbons (Fsp3) is 0.200. The minimum Gasteiger partial charge on any atom is -0.382 e. The first-order valence-electron chi connectivity index (χ1n) is 6.66. The number of thioether (sulfide) groups is 1. The van der Waals surface area contributed by atoms with Gasteiger partial charge in [0.1, 0.15) is 17.5 Å². The van der Waals surface area contributed by atoms with Gasteiger partial charge in [-0.1, -0.05) is 30.0 Å². The Morgan fingerprint density at radius 3 is 2.73 bits per heavy atom. The molecule has 1 aromatic carbocycles. The van der Waals surface area contributed by atoms with Gasteiger partial charge in [-0.15, -0.1) is 0 Å². The minimum atomic E-state index is -0.0368. The van der Waals surface area contributed by atoms with Crippen LogP contribution in [0.15, 0.2) is 41.7 Å². The largest absolute Gasteiger partial charge is 0.382 e. The predicted octanol–water partition coefficient (Wildman–Crippen LogP) is 2.08. The van der Waals surface area contributed by atoms with Crippen LogP contribution in [-0.2, 0) is 4.79 Å². The summed E-state index contributed by atoms with van der Waals surface area (Å²) in [6.07, 6.45) is 1.37. The van der Waals surface area contributed by atoms with Gasteiger partial charge < -0.3 is 10.6 Å². The number of carbonyl (C=O) groups is 1. The SMILES string of the molecule is CCN(C(=O)CSc1ncc(C#N)c(N)n1)c1ccccc1. The molecule has 6 nitrogen and oxygen atoms in total. The third kappa shape index (κ3) is 3.74. The van der Waals surface area contributed by atoms with Gasteiger partial charge in [0.05, 0.1) is 11.9 Å². The highest BCUT2D eigenvalue weighted by atomic mass is 32.2. The maximum absolute atomic E-state index is 12.3. The summed E-state index contributed by atoms with van der Waals surface area (Å²) in [7, 11) is 0. The van der Waals surface area contributed by atoms with Gasteiger partial charge in [-0.25, -0.2) is 9.97 Å². The number of benzene rings is 1. The van der Waals surface area contributed by atoms with Crippen LogP contribution >= 0.6 is 11.8 Å². The van der Waals surface area contributed by atoms with Gasteiger partial charge in [-0.05, 0) is 19.1 Å². The molecule has 0 spiro atoms. The van der Waals surface area contributed by atoms with Crippen molar-refractivity contribution in [1.82, 2.24) is 9.97 Å². The van der Waals surface area contributed by atoms with Gasteiger partial charge in [0.15, 0.2) is 5.16 Å². The highest BCUT2D eigenvalue weighted by Crippen LogP contribution is 2.19. The lowest BCUT2D eigenvalue weighted by atomic mass is 10.3. The topological polar surface area (TPSA) is 95.9 Å². The van der Waals surface area contributed by atoms with Crippen LogP contribution in [0.4, 0.5) is 11.5 Å². The lowest BCUT2D eigenvalue weighted by Crippen LogP contribution is -2.32. The van der Waals surface area contributed by atoms with Crippen LogP contribution in [0.3, 0.4) is 0 Å². The summed E-state index contributed by atoms with van der Waals surface area (Å²) in [6, 6.07) is 11.4. The van der Waals surface area contributed by atoms with Crippen LogP contribution in [0.5, 0.6) is 0 Å².